The predicted molar refractivity (Wildman–Crippen MR) is 62.7 cm³/mol. The molecule has 0 bridgehead atoms. The van der Waals surface area contributed by atoms with Crippen molar-refractivity contribution in [3.8, 4) is 0 Å². The first kappa shape index (κ1) is 11.0. The predicted octanol–water partition coefficient (Wildman–Crippen LogP) is 3.57. The van der Waals surface area contributed by atoms with E-state index in [-0.39, 0.29) is 5.78 Å². The van der Waals surface area contributed by atoms with Crippen molar-refractivity contribution in [1.82, 2.24) is 0 Å². The van der Waals surface area contributed by atoms with Crippen molar-refractivity contribution in [1.29, 1.82) is 0 Å². The molecule has 0 unspecified atom stereocenters. The van der Waals surface area contributed by atoms with E-state index in [0.717, 1.165) is 18.4 Å². The Morgan fingerprint density at radius 3 is 2.40 bits per heavy atom. The molecule has 0 amide bonds. The number of alkyl halides is 1. The molecule has 0 heterocycles. The molecule has 1 aromatic carbocycles. The highest BCUT2D eigenvalue weighted by Gasteiger charge is 2.42. The molecule has 0 aliphatic heterocycles. The van der Waals surface area contributed by atoms with Gasteiger partial charge in [0.2, 0.25) is 0 Å². The molecule has 80 valence electrons. The Labute approximate surface area is 99.4 Å². The molecule has 1 aromatic rings. The van der Waals surface area contributed by atoms with E-state index in [1.165, 1.54) is 0 Å². The summed E-state index contributed by atoms with van der Waals surface area (Å²) in [5.74, 6) is 0.632. The van der Waals surface area contributed by atoms with Gasteiger partial charge in [0.15, 0.2) is 0 Å². The summed E-state index contributed by atoms with van der Waals surface area (Å²) in [5, 5.41) is 0.689. The molecule has 0 radical (unpaired) electrons. The lowest BCUT2D eigenvalue weighted by Crippen LogP contribution is -2.32. The van der Waals surface area contributed by atoms with Crippen molar-refractivity contribution in [2.75, 3.05) is 5.88 Å². The van der Waals surface area contributed by atoms with Crippen LogP contribution >= 0.6 is 23.2 Å². The lowest BCUT2D eigenvalue weighted by molar-refractivity contribution is -0.121. The highest BCUT2D eigenvalue weighted by atomic mass is 35.5. The highest BCUT2D eigenvalue weighted by Crippen LogP contribution is 2.39. The molecule has 1 fully saturated rings. The minimum absolute atomic E-state index is 0.264. The number of hydrogen-bond donors (Lipinski definition) is 0. The largest absolute Gasteiger partial charge is 0.299 e. The highest BCUT2D eigenvalue weighted by molar-refractivity contribution is 6.30. The molecule has 3 heteroatoms. The van der Waals surface area contributed by atoms with Gasteiger partial charge in [0.05, 0.1) is 5.41 Å². The van der Waals surface area contributed by atoms with Crippen LogP contribution in [0.15, 0.2) is 24.3 Å². The molecule has 1 aliphatic carbocycles. The van der Waals surface area contributed by atoms with Crippen LogP contribution in [0.4, 0.5) is 0 Å². The number of halogens is 2. The Morgan fingerprint density at radius 1 is 1.27 bits per heavy atom. The van der Waals surface area contributed by atoms with Crippen molar-refractivity contribution in [2.45, 2.75) is 24.7 Å². The molecule has 0 spiro atoms. The van der Waals surface area contributed by atoms with Crippen LogP contribution in [0.2, 0.25) is 5.02 Å². The average Bonchev–Trinajstić information content (AvgIpc) is 2.62. The van der Waals surface area contributed by atoms with Gasteiger partial charge in [-0.1, -0.05) is 23.7 Å². The maximum absolute atomic E-state index is 11.9. The van der Waals surface area contributed by atoms with Gasteiger partial charge in [-0.05, 0) is 30.5 Å². The average molecular weight is 243 g/mol. The van der Waals surface area contributed by atoms with Gasteiger partial charge in [0.1, 0.15) is 5.78 Å². The van der Waals surface area contributed by atoms with Crippen LogP contribution < -0.4 is 0 Å². The third kappa shape index (κ3) is 1.79. The summed E-state index contributed by atoms with van der Waals surface area (Å²) in [5.41, 5.74) is 0.552. The molecule has 1 saturated carbocycles. The molecule has 2 rings (SSSR count). The number of carbonyl (C=O) groups excluding carboxylic acids is 1. The van der Waals surface area contributed by atoms with Crippen molar-refractivity contribution >= 4 is 29.0 Å². The first-order valence-corrected chi connectivity index (χ1v) is 5.95. The second-order valence-electron chi connectivity index (χ2n) is 4.00. The Kier molecular flexibility index (Phi) is 3.03. The molecular formula is C12H12Cl2O. The number of rotatable bonds is 2. The van der Waals surface area contributed by atoms with Gasteiger partial charge in [-0.2, -0.15) is 0 Å². The third-order valence-corrected chi connectivity index (χ3v) is 3.87. The molecule has 0 aromatic heterocycles. The Bertz CT molecular complexity index is 372. The Hall–Kier alpha value is -0.530. The van der Waals surface area contributed by atoms with Crippen molar-refractivity contribution in [3.05, 3.63) is 34.9 Å². The van der Waals surface area contributed by atoms with Gasteiger partial charge in [-0.15, -0.1) is 11.6 Å². The van der Waals surface area contributed by atoms with Crippen LogP contribution in [0, 0.1) is 0 Å². The molecule has 1 aliphatic rings. The van der Waals surface area contributed by atoms with E-state index in [2.05, 4.69) is 0 Å². The zero-order chi connectivity index (χ0) is 10.9. The zero-order valence-corrected chi connectivity index (χ0v) is 9.81. The first-order valence-electron chi connectivity index (χ1n) is 5.04. The number of ketones is 1. The molecular weight excluding hydrogens is 231 g/mol. The summed E-state index contributed by atoms with van der Waals surface area (Å²) in [6.07, 6.45) is 2.44. The monoisotopic (exact) mass is 242 g/mol. The van der Waals surface area contributed by atoms with E-state index in [1.807, 2.05) is 24.3 Å². The summed E-state index contributed by atoms with van der Waals surface area (Å²) in [6, 6.07) is 7.45. The van der Waals surface area contributed by atoms with Crippen LogP contribution in [-0.4, -0.2) is 11.7 Å². The summed E-state index contributed by atoms with van der Waals surface area (Å²) in [7, 11) is 0. The van der Waals surface area contributed by atoms with E-state index in [1.54, 1.807) is 0 Å². The van der Waals surface area contributed by atoms with Gasteiger partial charge in [-0.25, -0.2) is 0 Å². The van der Waals surface area contributed by atoms with Gasteiger partial charge >= 0.3 is 0 Å². The third-order valence-electron chi connectivity index (χ3n) is 3.17. The Morgan fingerprint density at radius 2 is 1.93 bits per heavy atom. The number of benzene rings is 1. The topological polar surface area (TPSA) is 17.1 Å². The summed E-state index contributed by atoms with van der Waals surface area (Å²) in [6.45, 7) is 0. The first-order chi connectivity index (χ1) is 7.19. The normalized spacial score (nSPS) is 25.9. The second kappa shape index (κ2) is 4.15. The fraction of sp³-hybridized carbons (Fsp3) is 0.417. The van der Waals surface area contributed by atoms with Crippen molar-refractivity contribution < 1.29 is 4.79 Å². The quantitative estimate of drug-likeness (QED) is 0.725. The zero-order valence-electron chi connectivity index (χ0n) is 8.30. The van der Waals surface area contributed by atoms with Crippen LogP contribution in [0.1, 0.15) is 24.8 Å². The molecule has 0 N–H and O–H groups in total. The van der Waals surface area contributed by atoms with E-state index in [9.17, 15) is 4.79 Å². The Balaban J connectivity index is 2.42. The lowest BCUT2D eigenvalue weighted by Gasteiger charge is -2.25. The summed E-state index contributed by atoms with van der Waals surface area (Å²) < 4.78 is 0. The smallest absolute Gasteiger partial charge is 0.144 e. The fourth-order valence-electron chi connectivity index (χ4n) is 2.22. The van der Waals surface area contributed by atoms with Crippen LogP contribution in [-0.2, 0) is 10.2 Å². The van der Waals surface area contributed by atoms with Gasteiger partial charge in [0.25, 0.3) is 0 Å². The summed E-state index contributed by atoms with van der Waals surface area (Å²) in [4.78, 5) is 11.9. The molecule has 0 saturated heterocycles. The number of Topliss-reactive ketones (excluding diaryl/α,β-unsaturated/α-hetero) is 1. The number of carbonyl (C=O) groups is 1. The molecule has 1 nitrogen and oxygen atoms in total. The number of hydrogen-bond acceptors (Lipinski definition) is 1. The van der Waals surface area contributed by atoms with E-state index >= 15 is 0 Å². The standard InChI is InChI=1S/C12H12Cl2O/c13-8-12(7-1-2-11(12)15)9-3-5-10(14)6-4-9/h3-6H,1-2,7-8H2/t12-/m0/s1. The SMILES string of the molecule is O=C1CCC[C@]1(CCl)c1ccc(Cl)cc1. The lowest BCUT2D eigenvalue weighted by atomic mass is 9.80. The maximum atomic E-state index is 11.9. The van der Waals surface area contributed by atoms with Crippen LogP contribution in [0.5, 0.6) is 0 Å². The van der Waals surface area contributed by atoms with Crippen LogP contribution in [0.3, 0.4) is 0 Å². The summed E-state index contributed by atoms with van der Waals surface area (Å²) >= 11 is 11.8. The van der Waals surface area contributed by atoms with Gasteiger partial charge in [-0.3, -0.25) is 4.79 Å². The minimum Gasteiger partial charge on any atom is -0.299 e. The van der Waals surface area contributed by atoms with Gasteiger partial charge < -0.3 is 0 Å². The molecule has 15 heavy (non-hydrogen) atoms. The van der Waals surface area contributed by atoms with E-state index in [0.29, 0.717) is 17.3 Å². The van der Waals surface area contributed by atoms with Gasteiger partial charge in [0, 0.05) is 17.3 Å². The minimum atomic E-state index is -0.452. The van der Waals surface area contributed by atoms with Crippen molar-refractivity contribution in [3.63, 3.8) is 0 Å². The maximum Gasteiger partial charge on any atom is 0.144 e. The van der Waals surface area contributed by atoms with E-state index in [4.69, 9.17) is 23.2 Å². The van der Waals surface area contributed by atoms with Crippen LogP contribution in [0.25, 0.3) is 0 Å². The second-order valence-corrected chi connectivity index (χ2v) is 4.70. The molecule has 1 atom stereocenters. The fourth-order valence-corrected chi connectivity index (χ4v) is 2.79. The van der Waals surface area contributed by atoms with Crippen molar-refractivity contribution in [2.24, 2.45) is 0 Å². The van der Waals surface area contributed by atoms with E-state index < -0.39 is 5.41 Å².